The minimum absolute atomic E-state index is 0.231. The van der Waals surface area contributed by atoms with Gasteiger partial charge < -0.3 is 20.6 Å². The average molecular weight is 469 g/mol. The van der Waals surface area contributed by atoms with Crippen molar-refractivity contribution >= 4 is 0 Å². The van der Waals surface area contributed by atoms with Crippen LogP contribution in [0.4, 0.5) is 0 Å². The van der Waals surface area contributed by atoms with E-state index in [-0.39, 0.29) is 6.04 Å². The zero-order valence-corrected chi connectivity index (χ0v) is 20.8. The third-order valence-electron chi connectivity index (χ3n) is 6.92. The second kappa shape index (κ2) is 11.0. The number of benzene rings is 2. The van der Waals surface area contributed by atoms with Gasteiger partial charge in [0.1, 0.15) is 11.6 Å². The van der Waals surface area contributed by atoms with Crippen LogP contribution in [-0.4, -0.2) is 33.0 Å². The van der Waals surface area contributed by atoms with Gasteiger partial charge in [-0.1, -0.05) is 55.5 Å². The Bertz CT molecular complexity index is 1200. The topological polar surface area (TPSA) is 81.4 Å². The maximum atomic E-state index is 4.60. The van der Waals surface area contributed by atoms with Crippen molar-refractivity contribution in [3.8, 4) is 22.5 Å². The first-order valence-electron chi connectivity index (χ1n) is 12.9. The Balaban J connectivity index is 1.16. The maximum absolute atomic E-state index is 4.60. The molecule has 6 nitrogen and oxygen atoms in total. The van der Waals surface area contributed by atoms with Gasteiger partial charge >= 0.3 is 0 Å². The number of H-pyrrole nitrogens is 2. The molecule has 0 amide bonds. The Labute approximate surface area is 208 Å². The molecule has 4 N–H and O–H groups in total. The van der Waals surface area contributed by atoms with Crippen molar-refractivity contribution in [2.75, 3.05) is 13.1 Å². The molecule has 1 fully saturated rings. The minimum Gasteiger partial charge on any atom is -0.341 e. The highest BCUT2D eigenvalue weighted by atomic mass is 15.0. The van der Waals surface area contributed by atoms with Crippen LogP contribution in [0.1, 0.15) is 68.0 Å². The molecule has 4 aromatic rings. The van der Waals surface area contributed by atoms with Gasteiger partial charge in [-0.3, -0.25) is 0 Å². The summed E-state index contributed by atoms with van der Waals surface area (Å²) in [5, 5.41) is 6.98. The van der Waals surface area contributed by atoms with Gasteiger partial charge in [0.05, 0.1) is 35.9 Å². The molecule has 6 heteroatoms. The van der Waals surface area contributed by atoms with E-state index in [1.54, 1.807) is 0 Å². The molecular weight excluding hydrogens is 432 g/mol. The molecule has 2 aromatic carbocycles. The summed E-state index contributed by atoms with van der Waals surface area (Å²) in [5.41, 5.74) is 7.21. The molecule has 0 bridgehead atoms. The predicted molar refractivity (Wildman–Crippen MR) is 142 cm³/mol. The van der Waals surface area contributed by atoms with Gasteiger partial charge in [0.25, 0.3) is 0 Å². The van der Waals surface area contributed by atoms with Gasteiger partial charge in [-0.15, -0.1) is 0 Å². The summed E-state index contributed by atoms with van der Waals surface area (Å²) in [6.45, 7) is 6.40. The van der Waals surface area contributed by atoms with E-state index >= 15 is 0 Å². The summed E-state index contributed by atoms with van der Waals surface area (Å²) in [6, 6.07) is 18.3. The van der Waals surface area contributed by atoms with Crippen molar-refractivity contribution in [2.24, 2.45) is 0 Å². The second-order valence-corrected chi connectivity index (χ2v) is 9.58. The van der Waals surface area contributed by atoms with Crippen molar-refractivity contribution in [1.82, 2.24) is 30.6 Å². The van der Waals surface area contributed by atoms with E-state index in [4.69, 9.17) is 0 Å². The number of rotatable bonds is 10. The fourth-order valence-electron chi connectivity index (χ4n) is 4.73. The number of aryl methyl sites for hydroxylation is 2. The smallest absolute Gasteiger partial charge is 0.123 e. The second-order valence-electron chi connectivity index (χ2n) is 9.58. The summed E-state index contributed by atoms with van der Waals surface area (Å²) < 4.78 is 0. The number of nitrogens with zero attached hydrogens (tertiary/aromatic N) is 2. The van der Waals surface area contributed by atoms with Crippen molar-refractivity contribution in [2.45, 2.75) is 58.0 Å². The molecular formula is C29H36N6. The number of hydrogen-bond donors (Lipinski definition) is 4. The van der Waals surface area contributed by atoms with Gasteiger partial charge in [0.2, 0.25) is 0 Å². The lowest BCUT2D eigenvalue weighted by molar-refractivity contribution is 0.549. The number of nitrogens with one attached hydrogen (secondary N) is 4. The number of imidazole rings is 2. The van der Waals surface area contributed by atoms with Crippen LogP contribution in [0, 0.1) is 0 Å². The molecule has 0 aliphatic carbocycles. The summed E-state index contributed by atoms with van der Waals surface area (Å²) in [4.78, 5) is 16.1. The lowest BCUT2D eigenvalue weighted by atomic mass is 10.0. The summed E-state index contributed by atoms with van der Waals surface area (Å²) >= 11 is 0. The van der Waals surface area contributed by atoms with Crippen molar-refractivity contribution in [1.29, 1.82) is 0 Å². The summed E-state index contributed by atoms with van der Waals surface area (Å²) in [7, 11) is 0. The SMILES string of the molecule is CCCN[C@@H](C)c1ncc(-c2ccc(CCc3ccc(-c4cnc([C@@H]5CCCN5)[nH]4)cc3)cc2)[nH]1. The van der Waals surface area contributed by atoms with E-state index in [2.05, 4.69) is 92.9 Å². The van der Waals surface area contributed by atoms with E-state index in [1.165, 1.54) is 28.7 Å². The minimum atomic E-state index is 0.231. The van der Waals surface area contributed by atoms with Gasteiger partial charge in [-0.2, -0.15) is 0 Å². The molecule has 2 aromatic heterocycles. The maximum Gasteiger partial charge on any atom is 0.123 e. The zero-order valence-electron chi connectivity index (χ0n) is 20.8. The highest BCUT2D eigenvalue weighted by Gasteiger charge is 2.19. The quantitative estimate of drug-likeness (QED) is 0.239. The van der Waals surface area contributed by atoms with E-state index in [0.717, 1.165) is 61.8 Å². The van der Waals surface area contributed by atoms with Gasteiger partial charge in [-0.25, -0.2) is 9.97 Å². The third-order valence-corrected chi connectivity index (χ3v) is 6.92. The Morgan fingerprint density at radius 2 is 1.51 bits per heavy atom. The first-order valence-corrected chi connectivity index (χ1v) is 12.9. The normalized spacial score (nSPS) is 16.6. The van der Waals surface area contributed by atoms with Crippen LogP contribution < -0.4 is 10.6 Å². The van der Waals surface area contributed by atoms with E-state index < -0.39 is 0 Å². The first kappa shape index (κ1) is 23.5. The Kier molecular flexibility index (Phi) is 7.40. The number of aromatic nitrogens is 4. The first-order chi connectivity index (χ1) is 17.2. The number of hydrogen-bond acceptors (Lipinski definition) is 4. The largest absolute Gasteiger partial charge is 0.341 e. The van der Waals surface area contributed by atoms with Crippen molar-refractivity contribution < 1.29 is 0 Å². The standard InChI is InChI=1S/C29H36N6/c1-3-16-30-20(2)28-32-18-26(34-28)23-12-8-21(9-13-23)6-7-22-10-14-24(15-11-22)27-19-33-29(35-27)25-5-4-17-31-25/h8-15,18-20,25,30-31H,3-7,16-17H2,1-2H3,(H,32,34)(H,33,35)/t20-,25-/m0/s1. The van der Waals surface area contributed by atoms with E-state index in [1.807, 2.05) is 12.4 Å². The van der Waals surface area contributed by atoms with Crippen LogP contribution in [0.3, 0.4) is 0 Å². The van der Waals surface area contributed by atoms with Crippen LogP contribution in [0.25, 0.3) is 22.5 Å². The Hall–Kier alpha value is -3.22. The zero-order chi connectivity index (χ0) is 24.0. The van der Waals surface area contributed by atoms with Gasteiger partial charge in [0, 0.05) is 0 Å². The highest BCUT2D eigenvalue weighted by Crippen LogP contribution is 2.25. The number of aromatic amines is 2. The molecule has 0 radical (unpaired) electrons. The molecule has 0 spiro atoms. The fourth-order valence-corrected chi connectivity index (χ4v) is 4.73. The molecule has 3 heterocycles. The molecule has 5 rings (SSSR count). The van der Waals surface area contributed by atoms with Crippen LogP contribution in [-0.2, 0) is 12.8 Å². The summed E-state index contributed by atoms with van der Waals surface area (Å²) in [6.07, 6.45) is 9.43. The Morgan fingerprint density at radius 3 is 2.11 bits per heavy atom. The monoisotopic (exact) mass is 468 g/mol. The summed E-state index contributed by atoms with van der Waals surface area (Å²) in [5.74, 6) is 2.04. The molecule has 182 valence electrons. The van der Waals surface area contributed by atoms with Crippen LogP contribution in [0.5, 0.6) is 0 Å². The molecule has 35 heavy (non-hydrogen) atoms. The molecule has 1 aliphatic heterocycles. The average Bonchev–Trinajstić information content (AvgIpc) is 3.68. The Morgan fingerprint density at radius 1 is 0.886 bits per heavy atom. The van der Waals surface area contributed by atoms with Crippen LogP contribution in [0.2, 0.25) is 0 Å². The van der Waals surface area contributed by atoms with Crippen molar-refractivity contribution in [3.05, 3.63) is 83.7 Å². The molecule has 0 unspecified atom stereocenters. The molecule has 1 aliphatic rings. The predicted octanol–water partition coefficient (Wildman–Crippen LogP) is 5.74. The lowest BCUT2D eigenvalue weighted by Crippen LogP contribution is -2.20. The lowest BCUT2D eigenvalue weighted by Gasteiger charge is -2.09. The molecule has 1 saturated heterocycles. The fraction of sp³-hybridized carbons (Fsp3) is 0.379. The van der Waals surface area contributed by atoms with Crippen LogP contribution >= 0.6 is 0 Å². The van der Waals surface area contributed by atoms with Crippen LogP contribution in [0.15, 0.2) is 60.9 Å². The molecule has 0 saturated carbocycles. The van der Waals surface area contributed by atoms with Crippen molar-refractivity contribution in [3.63, 3.8) is 0 Å². The van der Waals surface area contributed by atoms with E-state index in [0.29, 0.717) is 6.04 Å². The highest BCUT2D eigenvalue weighted by molar-refractivity contribution is 5.60. The third kappa shape index (κ3) is 5.72. The van der Waals surface area contributed by atoms with Gasteiger partial charge in [-0.05, 0) is 74.4 Å². The molecule has 2 atom stereocenters. The van der Waals surface area contributed by atoms with Gasteiger partial charge in [0.15, 0.2) is 0 Å². The van der Waals surface area contributed by atoms with E-state index in [9.17, 15) is 0 Å².